The summed E-state index contributed by atoms with van der Waals surface area (Å²) in [6.07, 6.45) is 7.81. The number of esters is 1. The Hall–Kier alpha value is -2.21. The molecule has 1 aliphatic carbocycles. The Balaban J connectivity index is 2.01. The lowest BCUT2D eigenvalue weighted by Crippen LogP contribution is -2.18. The number of rotatable bonds is 4. The van der Waals surface area contributed by atoms with E-state index in [-0.39, 0.29) is 17.8 Å². The number of hydrogen-bond donors (Lipinski definition) is 0. The van der Waals surface area contributed by atoms with E-state index in [0.29, 0.717) is 18.1 Å². The first kappa shape index (κ1) is 18.1. The maximum atomic E-state index is 11.4. The fourth-order valence-electron chi connectivity index (χ4n) is 3.14. The summed E-state index contributed by atoms with van der Waals surface area (Å²) < 4.78 is 10.4. The molecule has 3 nitrogen and oxygen atoms in total. The van der Waals surface area contributed by atoms with Gasteiger partial charge in [-0.2, -0.15) is 0 Å². The Morgan fingerprint density at radius 1 is 1.42 bits per heavy atom. The van der Waals surface area contributed by atoms with E-state index < -0.39 is 0 Å². The molecule has 0 amide bonds. The van der Waals surface area contributed by atoms with Crippen LogP contribution in [0.4, 0.5) is 0 Å². The zero-order valence-corrected chi connectivity index (χ0v) is 15.1. The Bertz CT molecular complexity index is 705. The summed E-state index contributed by atoms with van der Waals surface area (Å²) in [5.41, 5.74) is 3.07. The van der Waals surface area contributed by atoms with Crippen molar-refractivity contribution >= 4 is 5.97 Å². The monoisotopic (exact) mass is 326 g/mol. The highest BCUT2D eigenvalue weighted by Crippen LogP contribution is 2.40. The van der Waals surface area contributed by atoms with E-state index in [1.54, 1.807) is 19.1 Å². The van der Waals surface area contributed by atoms with Crippen LogP contribution in [-0.4, -0.2) is 12.6 Å². The number of ether oxygens (including phenoxy) is 1. The third-order valence-electron chi connectivity index (χ3n) is 4.36. The second-order valence-corrected chi connectivity index (χ2v) is 6.78. The van der Waals surface area contributed by atoms with E-state index in [2.05, 4.69) is 38.7 Å². The minimum atomic E-state index is -0.284. The topological polar surface area (TPSA) is 39.4 Å². The van der Waals surface area contributed by atoms with Gasteiger partial charge in [0.2, 0.25) is 0 Å². The number of carbonyl (C=O) groups excluding carboxylic acids is 1. The van der Waals surface area contributed by atoms with Gasteiger partial charge >= 0.3 is 5.97 Å². The van der Waals surface area contributed by atoms with Crippen molar-refractivity contribution in [3.05, 3.63) is 47.0 Å². The molecule has 24 heavy (non-hydrogen) atoms. The van der Waals surface area contributed by atoms with Crippen LogP contribution in [0.5, 0.6) is 0 Å². The predicted octanol–water partition coefficient (Wildman–Crippen LogP) is 4.82. The van der Waals surface area contributed by atoms with Crippen molar-refractivity contribution in [1.82, 2.24) is 0 Å². The second kappa shape index (κ2) is 8.06. The number of hydrogen-bond acceptors (Lipinski definition) is 3. The average Bonchev–Trinajstić information content (AvgIpc) is 2.93. The van der Waals surface area contributed by atoms with Crippen LogP contribution < -0.4 is 0 Å². The SMILES string of the molecule is CCOC(=O)Cc1ccc(C#CC=CC2=C(C)CCCC2(C)C)o1. The van der Waals surface area contributed by atoms with Gasteiger partial charge in [0.15, 0.2) is 5.76 Å². The summed E-state index contributed by atoms with van der Waals surface area (Å²) in [6.45, 7) is 8.95. The molecule has 1 aromatic rings. The number of furan rings is 1. The Morgan fingerprint density at radius 2 is 2.21 bits per heavy atom. The first-order chi connectivity index (χ1) is 11.4. The summed E-state index contributed by atoms with van der Waals surface area (Å²) in [5, 5.41) is 0. The van der Waals surface area contributed by atoms with Gasteiger partial charge in [-0.15, -0.1) is 0 Å². The smallest absolute Gasteiger partial charge is 0.313 e. The molecule has 128 valence electrons. The lowest BCUT2D eigenvalue weighted by atomic mass is 9.73. The summed E-state index contributed by atoms with van der Waals surface area (Å²) in [6, 6.07) is 3.55. The molecule has 1 heterocycles. The van der Waals surface area contributed by atoms with Crippen molar-refractivity contribution in [1.29, 1.82) is 0 Å². The van der Waals surface area contributed by atoms with Crippen molar-refractivity contribution in [2.75, 3.05) is 6.61 Å². The molecule has 0 aromatic carbocycles. The number of allylic oxidation sites excluding steroid dienone is 4. The van der Waals surface area contributed by atoms with Gasteiger partial charge in [-0.3, -0.25) is 4.79 Å². The average molecular weight is 326 g/mol. The maximum Gasteiger partial charge on any atom is 0.313 e. The minimum Gasteiger partial charge on any atom is -0.466 e. The maximum absolute atomic E-state index is 11.4. The molecule has 0 atom stereocenters. The quantitative estimate of drug-likeness (QED) is 0.588. The normalized spacial score (nSPS) is 16.8. The molecular weight excluding hydrogens is 300 g/mol. The highest BCUT2D eigenvalue weighted by molar-refractivity contribution is 5.71. The first-order valence-corrected chi connectivity index (χ1v) is 8.55. The van der Waals surface area contributed by atoms with Gasteiger partial charge in [0, 0.05) is 0 Å². The minimum absolute atomic E-state index is 0.144. The van der Waals surface area contributed by atoms with Crippen LogP contribution in [0.1, 0.15) is 58.5 Å². The van der Waals surface area contributed by atoms with Crippen molar-refractivity contribution in [3.8, 4) is 11.8 Å². The van der Waals surface area contributed by atoms with E-state index in [1.165, 1.54) is 30.4 Å². The zero-order chi connectivity index (χ0) is 17.6. The molecule has 2 rings (SSSR count). The molecule has 0 aliphatic heterocycles. The molecule has 0 saturated heterocycles. The van der Waals surface area contributed by atoms with E-state index in [4.69, 9.17) is 9.15 Å². The van der Waals surface area contributed by atoms with Crippen molar-refractivity contribution in [3.63, 3.8) is 0 Å². The third kappa shape index (κ3) is 4.89. The highest BCUT2D eigenvalue weighted by atomic mass is 16.5. The van der Waals surface area contributed by atoms with E-state index >= 15 is 0 Å². The Kier molecular flexibility index (Phi) is 6.09. The molecule has 0 unspecified atom stereocenters. The van der Waals surface area contributed by atoms with Gasteiger partial charge in [0.1, 0.15) is 12.2 Å². The van der Waals surface area contributed by atoms with Crippen LogP contribution in [0, 0.1) is 17.3 Å². The fourth-order valence-corrected chi connectivity index (χ4v) is 3.14. The first-order valence-electron chi connectivity index (χ1n) is 8.55. The zero-order valence-electron chi connectivity index (χ0n) is 15.1. The summed E-state index contributed by atoms with van der Waals surface area (Å²) in [7, 11) is 0. The molecule has 0 spiro atoms. The van der Waals surface area contributed by atoms with Gasteiger partial charge < -0.3 is 9.15 Å². The third-order valence-corrected chi connectivity index (χ3v) is 4.36. The van der Waals surface area contributed by atoms with Crippen LogP contribution in [0.25, 0.3) is 0 Å². The van der Waals surface area contributed by atoms with Crippen molar-refractivity contribution in [2.24, 2.45) is 5.41 Å². The molecule has 1 aromatic heterocycles. The van der Waals surface area contributed by atoms with E-state index in [1.807, 2.05) is 6.08 Å². The molecule has 0 saturated carbocycles. The van der Waals surface area contributed by atoms with Crippen molar-refractivity contribution < 1.29 is 13.9 Å². The van der Waals surface area contributed by atoms with Gasteiger partial charge in [-0.05, 0) is 68.2 Å². The Morgan fingerprint density at radius 3 is 2.92 bits per heavy atom. The van der Waals surface area contributed by atoms with Gasteiger partial charge in [0.25, 0.3) is 0 Å². The number of carbonyl (C=O) groups is 1. The lowest BCUT2D eigenvalue weighted by molar-refractivity contribution is -0.142. The molecule has 1 aliphatic rings. The molecule has 0 radical (unpaired) electrons. The van der Waals surface area contributed by atoms with Crippen LogP contribution in [-0.2, 0) is 16.0 Å². The highest BCUT2D eigenvalue weighted by Gasteiger charge is 2.26. The van der Waals surface area contributed by atoms with Gasteiger partial charge in [-0.25, -0.2) is 0 Å². The molecule has 0 bridgehead atoms. The summed E-state index contributed by atoms with van der Waals surface area (Å²) >= 11 is 0. The van der Waals surface area contributed by atoms with E-state index in [0.717, 1.165) is 0 Å². The Labute approximate surface area is 144 Å². The van der Waals surface area contributed by atoms with Crippen LogP contribution in [0.15, 0.2) is 39.8 Å². The standard InChI is InChI=1S/C21H26O3/c1-5-23-20(22)15-18-13-12-17(24-18)10-6-7-11-19-16(2)9-8-14-21(19,3)4/h7,11-13H,5,8-9,14-15H2,1-4H3. The van der Waals surface area contributed by atoms with Gasteiger partial charge in [0.05, 0.1) is 6.61 Å². The van der Waals surface area contributed by atoms with Crippen LogP contribution >= 0.6 is 0 Å². The van der Waals surface area contributed by atoms with Crippen LogP contribution in [0.2, 0.25) is 0 Å². The molecule has 0 fully saturated rings. The van der Waals surface area contributed by atoms with Crippen LogP contribution in [0.3, 0.4) is 0 Å². The van der Waals surface area contributed by atoms with Crippen molar-refractivity contribution in [2.45, 2.75) is 53.4 Å². The molecule has 3 heteroatoms. The summed E-state index contributed by atoms with van der Waals surface area (Å²) in [5.74, 6) is 6.85. The largest absolute Gasteiger partial charge is 0.466 e. The fraction of sp³-hybridized carbons (Fsp3) is 0.476. The molecular formula is C21H26O3. The van der Waals surface area contributed by atoms with E-state index in [9.17, 15) is 4.79 Å². The lowest BCUT2D eigenvalue weighted by Gasteiger charge is -2.32. The predicted molar refractivity (Wildman–Crippen MR) is 95.4 cm³/mol. The second-order valence-electron chi connectivity index (χ2n) is 6.78. The summed E-state index contributed by atoms with van der Waals surface area (Å²) in [4.78, 5) is 11.4. The van der Waals surface area contributed by atoms with Gasteiger partial charge in [-0.1, -0.05) is 31.4 Å². The molecule has 0 N–H and O–H groups in total.